The second-order valence-corrected chi connectivity index (χ2v) is 10.6. The van der Waals surface area contributed by atoms with E-state index in [2.05, 4.69) is 59.0 Å². The number of fused-ring (bicyclic) bond motifs is 1. The minimum absolute atomic E-state index is 0.136. The molecule has 0 saturated heterocycles. The molecule has 0 spiro atoms. The van der Waals surface area contributed by atoms with Crippen molar-refractivity contribution in [2.45, 2.75) is 64.2 Å². The van der Waals surface area contributed by atoms with Crippen LogP contribution in [0.3, 0.4) is 0 Å². The fourth-order valence-electron chi connectivity index (χ4n) is 3.97. The van der Waals surface area contributed by atoms with Crippen LogP contribution in [0, 0.1) is 0 Å². The summed E-state index contributed by atoms with van der Waals surface area (Å²) in [5.41, 5.74) is 4.06. The van der Waals surface area contributed by atoms with Crippen LogP contribution in [0.5, 0.6) is 0 Å². The van der Waals surface area contributed by atoms with Crippen LogP contribution in [0.4, 0.5) is 5.69 Å². The highest BCUT2D eigenvalue weighted by Crippen LogP contribution is 2.33. The van der Waals surface area contributed by atoms with E-state index in [1.54, 1.807) is 30.3 Å². The smallest absolute Gasteiger partial charge is 0.295 e. The third-order valence-electron chi connectivity index (χ3n) is 5.72. The van der Waals surface area contributed by atoms with Gasteiger partial charge in [-0.2, -0.15) is 8.42 Å². The highest BCUT2D eigenvalue weighted by molar-refractivity contribution is 7.86. The predicted molar refractivity (Wildman–Crippen MR) is 130 cm³/mol. The molecule has 0 saturated carbocycles. The molecule has 3 aromatic rings. The largest absolute Gasteiger partial charge is 0.322 e. The number of carbonyl (C=O) groups excluding carboxylic acids is 1. The molecule has 0 bridgehead atoms. The summed E-state index contributed by atoms with van der Waals surface area (Å²) < 4.78 is 33.7. The molecule has 170 valence electrons. The number of hydrogen-bond donors (Lipinski definition) is 2. The van der Waals surface area contributed by atoms with E-state index in [9.17, 15) is 17.8 Å². The third-order valence-corrected chi connectivity index (χ3v) is 6.61. The molecule has 0 aliphatic carbocycles. The second kappa shape index (κ2) is 9.04. The van der Waals surface area contributed by atoms with Gasteiger partial charge in [-0.1, -0.05) is 77.9 Å². The molecule has 0 atom stereocenters. The van der Waals surface area contributed by atoms with Crippen LogP contribution in [0.2, 0.25) is 0 Å². The van der Waals surface area contributed by atoms with E-state index in [4.69, 9.17) is 0 Å². The number of rotatable bonds is 6. The quantitative estimate of drug-likeness (QED) is 0.406. The highest BCUT2D eigenvalue weighted by atomic mass is 32.2. The number of amides is 1. The van der Waals surface area contributed by atoms with E-state index in [-0.39, 0.29) is 22.6 Å². The van der Waals surface area contributed by atoms with E-state index in [0.717, 1.165) is 11.1 Å². The fraction of sp³-hybridized carbons (Fsp3) is 0.346. The zero-order valence-electron chi connectivity index (χ0n) is 19.4. The fourth-order valence-corrected chi connectivity index (χ4v) is 4.71. The van der Waals surface area contributed by atoms with Crippen molar-refractivity contribution >= 4 is 32.5 Å². The van der Waals surface area contributed by atoms with Gasteiger partial charge >= 0.3 is 0 Å². The van der Waals surface area contributed by atoms with Gasteiger partial charge < -0.3 is 5.32 Å². The van der Waals surface area contributed by atoms with Gasteiger partial charge in [-0.15, -0.1) is 0 Å². The van der Waals surface area contributed by atoms with Crippen LogP contribution < -0.4 is 5.32 Å². The van der Waals surface area contributed by atoms with E-state index in [0.29, 0.717) is 27.9 Å². The Labute approximate surface area is 190 Å². The van der Waals surface area contributed by atoms with Gasteiger partial charge in [0, 0.05) is 16.6 Å². The zero-order chi connectivity index (χ0) is 23.8. The van der Waals surface area contributed by atoms with Gasteiger partial charge in [-0.25, -0.2) is 0 Å². The minimum atomic E-state index is -4.46. The summed E-state index contributed by atoms with van der Waals surface area (Å²) in [5, 5.41) is 3.90. The highest BCUT2D eigenvalue weighted by Gasteiger charge is 2.23. The van der Waals surface area contributed by atoms with Gasteiger partial charge in [0.25, 0.3) is 16.0 Å². The summed E-state index contributed by atoms with van der Waals surface area (Å²) in [6.45, 7) is 12.5. The molecule has 2 N–H and O–H groups in total. The van der Waals surface area contributed by atoms with Crippen molar-refractivity contribution in [2.75, 3.05) is 5.32 Å². The topological polar surface area (TPSA) is 83.5 Å². The molecule has 0 aliphatic heterocycles. The second-order valence-electron chi connectivity index (χ2n) is 9.16. The number of nitrogens with one attached hydrogen (secondary N) is 1. The van der Waals surface area contributed by atoms with Crippen LogP contribution >= 0.6 is 0 Å². The lowest BCUT2D eigenvalue weighted by Crippen LogP contribution is -2.19. The van der Waals surface area contributed by atoms with Crippen molar-refractivity contribution in [3.05, 3.63) is 70.8 Å². The average molecular weight is 454 g/mol. The van der Waals surface area contributed by atoms with Crippen molar-refractivity contribution in [1.82, 2.24) is 0 Å². The molecule has 0 heterocycles. The van der Waals surface area contributed by atoms with E-state index >= 15 is 0 Å². The van der Waals surface area contributed by atoms with Crippen molar-refractivity contribution in [3.63, 3.8) is 0 Å². The lowest BCUT2D eigenvalue weighted by Gasteiger charge is -2.22. The summed E-state index contributed by atoms with van der Waals surface area (Å²) in [5.74, 6) is 0.318. The normalized spacial score (nSPS) is 12.2. The Morgan fingerprint density at radius 1 is 0.844 bits per heavy atom. The van der Waals surface area contributed by atoms with Crippen molar-refractivity contribution in [2.24, 2.45) is 0 Å². The monoisotopic (exact) mass is 453 g/mol. The maximum atomic E-state index is 13.5. The van der Waals surface area contributed by atoms with Gasteiger partial charge in [0.05, 0.1) is 0 Å². The molecule has 6 heteroatoms. The van der Waals surface area contributed by atoms with Crippen LogP contribution in [0.25, 0.3) is 10.8 Å². The van der Waals surface area contributed by atoms with Crippen LogP contribution in [0.15, 0.2) is 53.4 Å². The Morgan fingerprint density at radius 2 is 1.41 bits per heavy atom. The number of hydrogen-bond acceptors (Lipinski definition) is 3. The molecule has 5 nitrogen and oxygen atoms in total. The van der Waals surface area contributed by atoms with Crippen LogP contribution in [0.1, 0.15) is 86.3 Å². The first-order valence-corrected chi connectivity index (χ1v) is 12.3. The first-order chi connectivity index (χ1) is 14.9. The molecule has 0 unspecified atom stereocenters. The first kappa shape index (κ1) is 24.0. The Morgan fingerprint density at radius 3 is 1.91 bits per heavy atom. The number of anilines is 1. The van der Waals surface area contributed by atoms with E-state index in [1.165, 1.54) is 11.6 Å². The molecule has 0 aromatic heterocycles. The maximum absolute atomic E-state index is 13.5. The van der Waals surface area contributed by atoms with Gasteiger partial charge in [-0.3, -0.25) is 9.35 Å². The number of benzene rings is 3. The number of carbonyl (C=O) groups is 1. The van der Waals surface area contributed by atoms with Crippen molar-refractivity contribution < 1.29 is 17.8 Å². The lowest BCUT2D eigenvalue weighted by atomic mass is 9.84. The molecule has 1 amide bonds. The molecule has 32 heavy (non-hydrogen) atoms. The lowest BCUT2D eigenvalue weighted by molar-refractivity contribution is 0.102. The molecular formula is C26H31NO4S. The molecular weight excluding hydrogens is 422 g/mol. The molecule has 3 aromatic carbocycles. The van der Waals surface area contributed by atoms with Crippen molar-refractivity contribution in [3.8, 4) is 0 Å². The standard InChI is InChI=1S/C26H31NO4S/c1-15(2)19-12-22(16(3)4)25(23(13-19)17(5)6)26(28)27-20-11-18-9-7-8-10-21(18)24(14-20)32(29,30)31/h7-17H,1-6H3,(H,27,28)(H,29,30,31). The van der Waals surface area contributed by atoms with Crippen molar-refractivity contribution in [1.29, 1.82) is 0 Å². The predicted octanol–water partition coefficient (Wildman–Crippen LogP) is 6.71. The van der Waals surface area contributed by atoms with E-state index < -0.39 is 10.1 Å². The van der Waals surface area contributed by atoms with Crippen LogP contribution in [-0.2, 0) is 10.1 Å². The SMILES string of the molecule is CC(C)c1cc(C(C)C)c(C(=O)Nc2cc(S(=O)(=O)O)c3ccccc3c2)c(C(C)C)c1. The summed E-state index contributed by atoms with van der Waals surface area (Å²) in [4.78, 5) is 13.3. The summed E-state index contributed by atoms with van der Waals surface area (Å²) >= 11 is 0. The maximum Gasteiger partial charge on any atom is 0.295 e. The Bertz CT molecular complexity index is 1250. The summed E-state index contributed by atoms with van der Waals surface area (Å²) in [6.07, 6.45) is 0. The Kier molecular flexibility index (Phi) is 6.77. The van der Waals surface area contributed by atoms with Gasteiger partial charge in [-0.05, 0) is 52.0 Å². The first-order valence-electron chi connectivity index (χ1n) is 10.9. The summed E-state index contributed by atoms with van der Waals surface area (Å²) in [6, 6.07) is 14.1. The third kappa shape index (κ3) is 4.87. The van der Waals surface area contributed by atoms with Crippen LogP contribution in [-0.4, -0.2) is 18.9 Å². The Hall–Kier alpha value is -2.70. The molecule has 0 aliphatic rings. The average Bonchev–Trinajstić information content (AvgIpc) is 2.71. The Balaban J connectivity index is 2.16. The van der Waals surface area contributed by atoms with Gasteiger partial charge in [0.15, 0.2) is 0 Å². The van der Waals surface area contributed by atoms with Gasteiger partial charge in [0.2, 0.25) is 0 Å². The zero-order valence-corrected chi connectivity index (χ0v) is 20.2. The molecule has 0 fully saturated rings. The molecule has 3 rings (SSSR count). The minimum Gasteiger partial charge on any atom is -0.322 e. The summed E-state index contributed by atoms with van der Waals surface area (Å²) in [7, 11) is -4.46. The molecule has 0 radical (unpaired) electrons. The van der Waals surface area contributed by atoms with E-state index in [1.807, 2.05) is 0 Å². The van der Waals surface area contributed by atoms with Gasteiger partial charge in [0.1, 0.15) is 4.90 Å².